The molecule has 2 N–H and O–H groups in total. The van der Waals surface area contributed by atoms with Crippen LogP contribution >= 0.6 is 11.3 Å². The number of rotatable bonds is 5. The molecule has 1 aromatic carbocycles. The largest absolute Gasteiger partial charge is 0.367 e. The number of halogens is 1. The van der Waals surface area contributed by atoms with Gasteiger partial charge in [-0.15, -0.1) is 11.3 Å². The summed E-state index contributed by atoms with van der Waals surface area (Å²) in [6.07, 6.45) is 1.35. The number of carbonyl (C=O) groups excluding carboxylic acids is 1. The standard InChI is InChI=1S/C20H22FN5O2S/c1-13-16-18(27)23-12-24-20(16)29-17(13)19(28)22-6-7-25-8-10-26(11-9-25)15-5-3-2-4-14(15)21/h2-5,12H,6-11H2,1H3,(H,22,28)(H,23,24,27). The van der Waals surface area contributed by atoms with E-state index in [2.05, 4.69) is 25.1 Å². The summed E-state index contributed by atoms with van der Waals surface area (Å²) in [4.78, 5) is 36.6. The summed E-state index contributed by atoms with van der Waals surface area (Å²) in [6, 6.07) is 6.83. The highest BCUT2D eigenvalue weighted by molar-refractivity contribution is 7.20. The molecule has 0 spiro atoms. The maximum atomic E-state index is 13.9. The summed E-state index contributed by atoms with van der Waals surface area (Å²) in [5.74, 6) is -0.380. The lowest BCUT2D eigenvalue weighted by molar-refractivity contribution is 0.0951. The Balaban J connectivity index is 1.30. The third kappa shape index (κ3) is 4.01. The number of carbonyl (C=O) groups is 1. The molecule has 0 bridgehead atoms. The second-order valence-electron chi connectivity index (χ2n) is 7.00. The van der Waals surface area contributed by atoms with Crippen molar-refractivity contribution in [3.8, 4) is 0 Å². The van der Waals surface area contributed by atoms with Gasteiger partial charge in [0, 0.05) is 39.3 Å². The van der Waals surface area contributed by atoms with E-state index in [9.17, 15) is 14.0 Å². The van der Waals surface area contributed by atoms with Gasteiger partial charge in [0.05, 0.1) is 22.3 Å². The zero-order chi connectivity index (χ0) is 20.4. The van der Waals surface area contributed by atoms with Gasteiger partial charge in [0.15, 0.2) is 0 Å². The van der Waals surface area contributed by atoms with E-state index >= 15 is 0 Å². The molecule has 3 aromatic rings. The van der Waals surface area contributed by atoms with Crippen LogP contribution in [0.25, 0.3) is 10.2 Å². The van der Waals surface area contributed by atoms with Crippen LogP contribution in [0.2, 0.25) is 0 Å². The number of aryl methyl sites for hydroxylation is 1. The third-order valence-electron chi connectivity index (χ3n) is 5.22. The molecule has 7 nitrogen and oxygen atoms in total. The first-order chi connectivity index (χ1) is 14.0. The zero-order valence-corrected chi connectivity index (χ0v) is 16.9. The first-order valence-corrected chi connectivity index (χ1v) is 10.3. The molecule has 0 unspecified atom stereocenters. The molecule has 2 aromatic heterocycles. The Morgan fingerprint density at radius 2 is 2.03 bits per heavy atom. The molecule has 1 aliphatic heterocycles. The van der Waals surface area contributed by atoms with Crippen molar-refractivity contribution in [2.24, 2.45) is 0 Å². The number of hydrogen-bond acceptors (Lipinski definition) is 6. The third-order valence-corrected chi connectivity index (χ3v) is 6.42. The van der Waals surface area contributed by atoms with Crippen LogP contribution in [-0.2, 0) is 0 Å². The number of amides is 1. The Labute approximate surface area is 171 Å². The maximum Gasteiger partial charge on any atom is 0.261 e. The highest BCUT2D eigenvalue weighted by Gasteiger charge is 2.20. The fourth-order valence-electron chi connectivity index (χ4n) is 3.62. The summed E-state index contributed by atoms with van der Waals surface area (Å²) in [5, 5.41) is 3.41. The molecule has 9 heteroatoms. The summed E-state index contributed by atoms with van der Waals surface area (Å²) in [5.41, 5.74) is 1.08. The molecular weight excluding hydrogens is 393 g/mol. The van der Waals surface area contributed by atoms with Crippen molar-refractivity contribution in [1.82, 2.24) is 20.2 Å². The SMILES string of the molecule is Cc1c(C(=O)NCCN2CCN(c3ccccc3F)CC2)sc2nc[nH]c(=O)c12. The van der Waals surface area contributed by atoms with E-state index in [0.29, 0.717) is 32.9 Å². The van der Waals surface area contributed by atoms with Gasteiger partial charge < -0.3 is 15.2 Å². The van der Waals surface area contributed by atoms with Crippen molar-refractivity contribution in [3.63, 3.8) is 0 Å². The van der Waals surface area contributed by atoms with Gasteiger partial charge in [0.1, 0.15) is 10.6 Å². The van der Waals surface area contributed by atoms with Gasteiger partial charge in [0.2, 0.25) is 0 Å². The number of nitrogens with one attached hydrogen (secondary N) is 2. The van der Waals surface area contributed by atoms with Crippen molar-refractivity contribution in [1.29, 1.82) is 0 Å². The Hall–Kier alpha value is -2.78. The first kappa shape index (κ1) is 19.5. The topological polar surface area (TPSA) is 81.3 Å². The maximum absolute atomic E-state index is 13.9. The van der Waals surface area contributed by atoms with E-state index in [1.165, 1.54) is 23.7 Å². The van der Waals surface area contributed by atoms with Crippen molar-refractivity contribution >= 4 is 33.1 Å². The van der Waals surface area contributed by atoms with Crippen molar-refractivity contribution in [3.05, 3.63) is 57.2 Å². The summed E-state index contributed by atoms with van der Waals surface area (Å²) in [6.45, 7) is 6.12. The Bertz CT molecular complexity index is 1090. The van der Waals surface area contributed by atoms with E-state index in [-0.39, 0.29) is 17.3 Å². The lowest BCUT2D eigenvalue weighted by Crippen LogP contribution is -2.48. The van der Waals surface area contributed by atoms with E-state index in [0.717, 1.165) is 32.7 Å². The predicted octanol–water partition coefficient (Wildman–Crippen LogP) is 1.98. The molecule has 1 saturated heterocycles. The van der Waals surface area contributed by atoms with Crippen LogP contribution in [0, 0.1) is 12.7 Å². The fourth-order valence-corrected chi connectivity index (χ4v) is 4.69. The minimum atomic E-state index is -0.226. The minimum absolute atomic E-state index is 0.185. The van der Waals surface area contributed by atoms with Crippen molar-refractivity contribution in [2.45, 2.75) is 6.92 Å². The van der Waals surface area contributed by atoms with Crippen LogP contribution in [-0.4, -0.2) is 60.0 Å². The minimum Gasteiger partial charge on any atom is -0.367 e. The number of fused-ring (bicyclic) bond motifs is 1. The lowest BCUT2D eigenvalue weighted by atomic mass is 10.2. The van der Waals surface area contributed by atoms with Crippen LogP contribution in [0.4, 0.5) is 10.1 Å². The van der Waals surface area contributed by atoms with Gasteiger partial charge in [-0.25, -0.2) is 9.37 Å². The fraction of sp³-hybridized carbons (Fsp3) is 0.350. The van der Waals surface area contributed by atoms with Gasteiger partial charge in [-0.2, -0.15) is 0 Å². The summed E-state index contributed by atoms with van der Waals surface area (Å²) >= 11 is 1.23. The molecule has 0 radical (unpaired) electrons. The van der Waals surface area contributed by atoms with E-state index < -0.39 is 0 Å². The average Bonchev–Trinajstić information content (AvgIpc) is 3.07. The number of aromatic amines is 1. The average molecular weight is 415 g/mol. The molecule has 4 rings (SSSR count). The summed E-state index contributed by atoms with van der Waals surface area (Å²) in [7, 11) is 0. The van der Waals surface area contributed by atoms with Gasteiger partial charge >= 0.3 is 0 Å². The second kappa shape index (κ2) is 8.30. The molecule has 0 saturated carbocycles. The van der Waals surface area contributed by atoms with Crippen molar-refractivity contribution < 1.29 is 9.18 Å². The van der Waals surface area contributed by atoms with Crippen LogP contribution < -0.4 is 15.8 Å². The number of para-hydroxylation sites is 1. The highest BCUT2D eigenvalue weighted by Crippen LogP contribution is 2.26. The molecule has 0 atom stereocenters. The Morgan fingerprint density at radius 3 is 2.76 bits per heavy atom. The number of thiophene rings is 1. The van der Waals surface area contributed by atoms with Gasteiger partial charge in [-0.1, -0.05) is 12.1 Å². The molecule has 1 amide bonds. The first-order valence-electron chi connectivity index (χ1n) is 9.51. The molecule has 152 valence electrons. The van der Waals surface area contributed by atoms with Crippen LogP contribution in [0.1, 0.15) is 15.2 Å². The zero-order valence-electron chi connectivity index (χ0n) is 16.1. The Kier molecular flexibility index (Phi) is 5.59. The normalized spacial score (nSPS) is 15.0. The smallest absolute Gasteiger partial charge is 0.261 e. The molecule has 3 heterocycles. The van der Waals surface area contributed by atoms with E-state index in [4.69, 9.17) is 0 Å². The number of aromatic nitrogens is 2. The van der Waals surface area contributed by atoms with Crippen LogP contribution in [0.15, 0.2) is 35.4 Å². The molecule has 29 heavy (non-hydrogen) atoms. The lowest BCUT2D eigenvalue weighted by Gasteiger charge is -2.36. The quantitative estimate of drug-likeness (QED) is 0.666. The molecule has 0 aliphatic carbocycles. The number of nitrogens with zero attached hydrogens (tertiary/aromatic N) is 3. The number of anilines is 1. The van der Waals surface area contributed by atoms with E-state index in [1.54, 1.807) is 19.1 Å². The number of piperazine rings is 1. The number of benzene rings is 1. The van der Waals surface area contributed by atoms with Crippen molar-refractivity contribution in [2.75, 3.05) is 44.2 Å². The molecule has 1 aliphatic rings. The molecular formula is C20H22FN5O2S. The second-order valence-corrected chi connectivity index (χ2v) is 8.00. The van der Waals surface area contributed by atoms with E-state index in [1.807, 2.05) is 6.07 Å². The van der Waals surface area contributed by atoms with Crippen LogP contribution in [0.3, 0.4) is 0 Å². The van der Waals surface area contributed by atoms with Gasteiger partial charge in [-0.05, 0) is 24.6 Å². The highest BCUT2D eigenvalue weighted by atomic mass is 32.1. The monoisotopic (exact) mass is 415 g/mol. The van der Waals surface area contributed by atoms with Gasteiger partial charge in [0.25, 0.3) is 11.5 Å². The van der Waals surface area contributed by atoms with Crippen LogP contribution in [0.5, 0.6) is 0 Å². The molecule has 1 fully saturated rings. The van der Waals surface area contributed by atoms with Gasteiger partial charge in [-0.3, -0.25) is 14.5 Å². The number of H-pyrrole nitrogens is 1. The summed E-state index contributed by atoms with van der Waals surface area (Å²) < 4.78 is 13.9. The number of hydrogen-bond donors (Lipinski definition) is 2. The predicted molar refractivity (Wildman–Crippen MR) is 112 cm³/mol. The Morgan fingerprint density at radius 1 is 1.28 bits per heavy atom.